The Morgan fingerprint density at radius 2 is 2.25 bits per heavy atom. The Morgan fingerprint density at radius 3 is 2.75 bits per heavy atom. The van der Waals surface area contributed by atoms with E-state index in [0.29, 0.717) is 5.92 Å². The lowest BCUT2D eigenvalue weighted by Gasteiger charge is -2.22. The number of nitrogens with zero attached hydrogens (tertiary/aromatic N) is 2. The molecule has 2 heterocycles. The first kappa shape index (κ1) is 11.5. The molecule has 3 N–H and O–H groups in total. The van der Waals surface area contributed by atoms with Crippen molar-refractivity contribution >= 4 is 0 Å². The Morgan fingerprint density at radius 1 is 1.50 bits per heavy atom. The van der Waals surface area contributed by atoms with Crippen molar-refractivity contribution in [3.63, 3.8) is 0 Å². The van der Waals surface area contributed by atoms with Gasteiger partial charge in [0.1, 0.15) is 6.23 Å². The summed E-state index contributed by atoms with van der Waals surface area (Å²) in [5.41, 5.74) is 7.74. The Bertz CT molecular complexity index is 342. The van der Waals surface area contributed by atoms with Gasteiger partial charge in [-0.25, -0.2) is 0 Å². The lowest BCUT2D eigenvalue weighted by Crippen LogP contribution is -2.30. The van der Waals surface area contributed by atoms with Crippen LogP contribution < -0.4 is 5.73 Å². The maximum Gasteiger partial charge on any atom is 0.135 e. The number of aliphatic hydroxyl groups is 1. The van der Waals surface area contributed by atoms with Gasteiger partial charge in [0.05, 0.1) is 0 Å². The molecule has 0 aromatic carbocycles. The lowest BCUT2D eigenvalue weighted by atomic mass is 10.1. The van der Waals surface area contributed by atoms with Gasteiger partial charge in [-0.15, -0.1) is 0 Å². The van der Waals surface area contributed by atoms with Gasteiger partial charge in [-0.3, -0.25) is 9.88 Å². The molecule has 0 aliphatic carbocycles. The summed E-state index contributed by atoms with van der Waals surface area (Å²) in [6.45, 7) is 5.64. The molecule has 16 heavy (non-hydrogen) atoms. The van der Waals surface area contributed by atoms with E-state index in [4.69, 9.17) is 5.73 Å². The molecule has 2 rings (SSSR count). The van der Waals surface area contributed by atoms with Crippen LogP contribution in [0.5, 0.6) is 0 Å². The van der Waals surface area contributed by atoms with E-state index in [9.17, 15) is 5.11 Å². The fourth-order valence-corrected chi connectivity index (χ4v) is 2.07. The Labute approximate surface area is 96.1 Å². The van der Waals surface area contributed by atoms with Gasteiger partial charge >= 0.3 is 0 Å². The molecule has 88 valence electrons. The average Bonchev–Trinajstić information content (AvgIpc) is 2.59. The minimum Gasteiger partial charge on any atom is -0.374 e. The smallest absolute Gasteiger partial charge is 0.135 e. The fourth-order valence-electron chi connectivity index (χ4n) is 2.07. The van der Waals surface area contributed by atoms with E-state index < -0.39 is 6.23 Å². The quantitative estimate of drug-likeness (QED) is 0.770. The maximum atomic E-state index is 10.2. The van der Waals surface area contributed by atoms with Gasteiger partial charge in [-0.05, 0) is 18.9 Å². The number of aromatic nitrogens is 1. The number of aryl methyl sites for hydroxylation is 1. The molecule has 0 amide bonds. The molecule has 0 spiro atoms. The van der Waals surface area contributed by atoms with Gasteiger partial charge in [0.2, 0.25) is 0 Å². The molecule has 3 atom stereocenters. The number of nitrogens with two attached hydrogens (primary N) is 1. The van der Waals surface area contributed by atoms with Crippen molar-refractivity contribution < 1.29 is 5.11 Å². The standard InChI is InChI=1S/C12H19N3O/c1-8-6-15(7-11(8)13)12(16)10-4-3-9(2)14-5-10/h3-5,8,11-12,16H,6-7,13H2,1-2H3. The highest BCUT2D eigenvalue weighted by molar-refractivity contribution is 5.15. The predicted octanol–water partition coefficient (Wildman–Crippen LogP) is 0.660. The topological polar surface area (TPSA) is 62.4 Å². The first-order chi connectivity index (χ1) is 7.58. The molecule has 4 nitrogen and oxygen atoms in total. The largest absolute Gasteiger partial charge is 0.374 e. The van der Waals surface area contributed by atoms with Crippen LogP contribution in [0.3, 0.4) is 0 Å². The summed E-state index contributed by atoms with van der Waals surface area (Å²) in [4.78, 5) is 6.19. The molecular formula is C12H19N3O. The van der Waals surface area contributed by atoms with E-state index in [1.807, 2.05) is 24.0 Å². The Balaban J connectivity index is 2.08. The zero-order valence-corrected chi connectivity index (χ0v) is 9.80. The van der Waals surface area contributed by atoms with E-state index in [-0.39, 0.29) is 6.04 Å². The van der Waals surface area contributed by atoms with Gasteiger partial charge in [0.15, 0.2) is 0 Å². The van der Waals surface area contributed by atoms with Crippen LogP contribution in [0.25, 0.3) is 0 Å². The van der Waals surface area contributed by atoms with Crippen LogP contribution in [0, 0.1) is 12.8 Å². The zero-order chi connectivity index (χ0) is 11.7. The minimum absolute atomic E-state index is 0.160. The van der Waals surface area contributed by atoms with E-state index in [2.05, 4.69) is 11.9 Å². The molecule has 3 unspecified atom stereocenters. The van der Waals surface area contributed by atoms with E-state index in [1.54, 1.807) is 6.20 Å². The molecule has 1 aliphatic heterocycles. The highest BCUT2D eigenvalue weighted by atomic mass is 16.3. The summed E-state index contributed by atoms with van der Waals surface area (Å²) in [6, 6.07) is 3.99. The van der Waals surface area contributed by atoms with Crippen LogP contribution in [0.15, 0.2) is 18.3 Å². The van der Waals surface area contributed by atoms with Crippen molar-refractivity contribution in [3.8, 4) is 0 Å². The first-order valence-electron chi connectivity index (χ1n) is 5.68. The van der Waals surface area contributed by atoms with Crippen LogP contribution in [0.2, 0.25) is 0 Å². The number of pyridine rings is 1. The fraction of sp³-hybridized carbons (Fsp3) is 0.583. The normalized spacial score (nSPS) is 28.2. The van der Waals surface area contributed by atoms with Gasteiger partial charge < -0.3 is 10.8 Å². The number of aliphatic hydroxyl groups excluding tert-OH is 1. The van der Waals surface area contributed by atoms with E-state index in [0.717, 1.165) is 24.3 Å². The summed E-state index contributed by atoms with van der Waals surface area (Å²) >= 11 is 0. The van der Waals surface area contributed by atoms with Crippen molar-refractivity contribution in [2.24, 2.45) is 11.7 Å². The van der Waals surface area contributed by atoms with Crippen molar-refractivity contribution in [1.82, 2.24) is 9.88 Å². The Kier molecular flexibility index (Phi) is 3.23. The van der Waals surface area contributed by atoms with Crippen LogP contribution in [0.4, 0.5) is 0 Å². The van der Waals surface area contributed by atoms with Crippen LogP contribution >= 0.6 is 0 Å². The molecule has 1 aliphatic rings. The highest BCUT2D eigenvalue weighted by Crippen LogP contribution is 2.24. The summed E-state index contributed by atoms with van der Waals surface area (Å²) in [5.74, 6) is 0.438. The van der Waals surface area contributed by atoms with Crippen molar-refractivity contribution in [3.05, 3.63) is 29.6 Å². The summed E-state index contributed by atoms with van der Waals surface area (Å²) in [5, 5.41) is 10.2. The second-order valence-electron chi connectivity index (χ2n) is 4.70. The van der Waals surface area contributed by atoms with E-state index in [1.165, 1.54) is 0 Å². The predicted molar refractivity (Wildman–Crippen MR) is 62.6 cm³/mol. The monoisotopic (exact) mass is 221 g/mol. The van der Waals surface area contributed by atoms with Crippen LogP contribution in [-0.4, -0.2) is 34.1 Å². The second-order valence-corrected chi connectivity index (χ2v) is 4.70. The lowest BCUT2D eigenvalue weighted by molar-refractivity contribution is 0.0159. The van der Waals surface area contributed by atoms with Crippen molar-refractivity contribution in [2.75, 3.05) is 13.1 Å². The molecule has 0 saturated carbocycles. The third-order valence-electron chi connectivity index (χ3n) is 3.28. The van der Waals surface area contributed by atoms with Gasteiger partial charge in [0, 0.05) is 36.6 Å². The van der Waals surface area contributed by atoms with Gasteiger partial charge in [-0.1, -0.05) is 13.0 Å². The molecule has 1 fully saturated rings. The van der Waals surface area contributed by atoms with Crippen molar-refractivity contribution in [2.45, 2.75) is 26.1 Å². The number of hydrogen-bond donors (Lipinski definition) is 2. The number of rotatable bonds is 2. The highest BCUT2D eigenvalue weighted by Gasteiger charge is 2.31. The zero-order valence-electron chi connectivity index (χ0n) is 9.80. The SMILES string of the molecule is Cc1ccc(C(O)N2CC(C)C(N)C2)cn1. The molecule has 1 aromatic heterocycles. The third kappa shape index (κ3) is 2.24. The molecule has 1 saturated heterocycles. The molecule has 0 radical (unpaired) electrons. The maximum absolute atomic E-state index is 10.2. The van der Waals surface area contributed by atoms with Crippen LogP contribution in [0.1, 0.15) is 24.4 Å². The van der Waals surface area contributed by atoms with Gasteiger partial charge in [0.25, 0.3) is 0 Å². The summed E-state index contributed by atoms with van der Waals surface area (Å²) < 4.78 is 0. The number of hydrogen-bond acceptors (Lipinski definition) is 4. The molecule has 0 bridgehead atoms. The summed E-state index contributed by atoms with van der Waals surface area (Å²) in [7, 11) is 0. The van der Waals surface area contributed by atoms with Crippen molar-refractivity contribution in [1.29, 1.82) is 0 Å². The van der Waals surface area contributed by atoms with Gasteiger partial charge in [-0.2, -0.15) is 0 Å². The second kappa shape index (κ2) is 4.49. The minimum atomic E-state index is -0.580. The Hall–Kier alpha value is -0.970. The number of likely N-dealkylation sites (tertiary alicyclic amines) is 1. The van der Waals surface area contributed by atoms with Crippen LogP contribution in [-0.2, 0) is 0 Å². The van der Waals surface area contributed by atoms with E-state index >= 15 is 0 Å². The third-order valence-corrected chi connectivity index (χ3v) is 3.28. The molecule has 1 aromatic rings. The molecular weight excluding hydrogens is 202 g/mol. The first-order valence-corrected chi connectivity index (χ1v) is 5.68. The average molecular weight is 221 g/mol. The summed E-state index contributed by atoms with van der Waals surface area (Å²) in [6.07, 6.45) is 1.15. The molecule has 4 heteroatoms.